The lowest BCUT2D eigenvalue weighted by Gasteiger charge is -2.51. The van der Waals surface area contributed by atoms with E-state index >= 15 is 0 Å². The van der Waals surface area contributed by atoms with Gasteiger partial charge >= 0.3 is 0 Å². The molecular formula is C16H24Cl2N2. The highest BCUT2D eigenvalue weighted by Crippen LogP contribution is 2.30. The van der Waals surface area contributed by atoms with Crippen molar-refractivity contribution in [1.82, 2.24) is 4.90 Å². The van der Waals surface area contributed by atoms with Crippen LogP contribution in [0.3, 0.4) is 0 Å². The molecule has 1 unspecified atom stereocenters. The van der Waals surface area contributed by atoms with Crippen LogP contribution in [-0.4, -0.2) is 42.0 Å². The van der Waals surface area contributed by atoms with Gasteiger partial charge in [0, 0.05) is 41.3 Å². The van der Waals surface area contributed by atoms with Gasteiger partial charge in [-0.25, -0.2) is 0 Å². The molecule has 2 rings (SSSR count). The highest BCUT2D eigenvalue weighted by molar-refractivity contribution is 6.30. The molecule has 2 nitrogen and oxygen atoms in total. The van der Waals surface area contributed by atoms with Crippen molar-refractivity contribution in [3.8, 4) is 0 Å². The van der Waals surface area contributed by atoms with Crippen molar-refractivity contribution in [1.29, 1.82) is 0 Å². The van der Waals surface area contributed by atoms with E-state index in [-0.39, 0.29) is 5.54 Å². The Morgan fingerprint density at radius 1 is 1.35 bits per heavy atom. The zero-order valence-electron chi connectivity index (χ0n) is 12.6. The predicted octanol–water partition coefficient (Wildman–Crippen LogP) is 4.26. The Labute approximate surface area is 132 Å². The van der Waals surface area contributed by atoms with Gasteiger partial charge < -0.3 is 4.90 Å². The number of hydrogen-bond acceptors (Lipinski definition) is 2. The number of anilines is 1. The minimum atomic E-state index is 0.154. The summed E-state index contributed by atoms with van der Waals surface area (Å²) < 4.78 is 0. The van der Waals surface area contributed by atoms with Crippen LogP contribution in [0.5, 0.6) is 0 Å². The first-order valence-electron chi connectivity index (χ1n) is 7.27. The number of piperazine rings is 1. The van der Waals surface area contributed by atoms with Crippen molar-refractivity contribution in [2.45, 2.75) is 38.8 Å². The molecule has 0 aliphatic carbocycles. The molecule has 112 valence electrons. The summed E-state index contributed by atoms with van der Waals surface area (Å²) in [5.41, 5.74) is 1.37. The van der Waals surface area contributed by atoms with Crippen molar-refractivity contribution in [3.05, 3.63) is 29.3 Å². The van der Waals surface area contributed by atoms with Crippen LogP contribution in [0.4, 0.5) is 5.69 Å². The standard InChI is InChI=1S/C16H24Cl2N2/c1-13-11-19(9-5-8-17)16(2,3)12-20(13)15-7-4-6-14(18)10-15/h4,6-7,10,13H,5,8-9,11-12H2,1-3H3. The van der Waals surface area contributed by atoms with Gasteiger partial charge in [0.15, 0.2) is 0 Å². The molecule has 1 aliphatic rings. The SMILES string of the molecule is CC1CN(CCCCl)C(C)(C)CN1c1cccc(Cl)c1. The summed E-state index contributed by atoms with van der Waals surface area (Å²) in [6.07, 6.45) is 1.05. The molecule has 1 atom stereocenters. The van der Waals surface area contributed by atoms with Crippen molar-refractivity contribution in [2.24, 2.45) is 0 Å². The molecule has 1 aromatic carbocycles. The van der Waals surface area contributed by atoms with Gasteiger partial charge in [0.2, 0.25) is 0 Å². The normalized spacial score (nSPS) is 23.1. The Bertz CT molecular complexity index is 448. The Balaban J connectivity index is 2.15. The van der Waals surface area contributed by atoms with E-state index in [2.05, 4.69) is 42.7 Å². The molecule has 4 heteroatoms. The van der Waals surface area contributed by atoms with E-state index in [4.69, 9.17) is 23.2 Å². The molecule has 0 saturated carbocycles. The Morgan fingerprint density at radius 3 is 2.75 bits per heavy atom. The van der Waals surface area contributed by atoms with E-state index in [1.165, 1.54) is 5.69 Å². The van der Waals surface area contributed by atoms with E-state index in [1.54, 1.807) is 0 Å². The lowest BCUT2D eigenvalue weighted by molar-refractivity contribution is 0.0875. The maximum Gasteiger partial charge on any atom is 0.0426 e. The monoisotopic (exact) mass is 314 g/mol. The molecular weight excluding hydrogens is 291 g/mol. The Morgan fingerprint density at radius 2 is 2.10 bits per heavy atom. The van der Waals surface area contributed by atoms with Crippen LogP contribution < -0.4 is 4.90 Å². The second-order valence-corrected chi connectivity index (χ2v) is 7.07. The van der Waals surface area contributed by atoms with Crippen molar-refractivity contribution >= 4 is 28.9 Å². The highest BCUT2D eigenvalue weighted by atomic mass is 35.5. The minimum Gasteiger partial charge on any atom is -0.366 e. The molecule has 1 heterocycles. The van der Waals surface area contributed by atoms with Crippen LogP contribution in [0, 0.1) is 0 Å². The van der Waals surface area contributed by atoms with Gasteiger partial charge in [-0.2, -0.15) is 0 Å². The Kier molecular flexibility index (Phi) is 5.22. The van der Waals surface area contributed by atoms with Gasteiger partial charge in [0.25, 0.3) is 0 Å². The maximum atomic E-state index is 6.13. The van der Waals surface area contributed by atoms with Crippen LogP contribution in [0.15, 0.2) is 24.3 Å². The zero-order valence-corrected chi connectivity index (χ0v) is 14.1. The highest BCUT2D eigenvalue weighted by Gasteiger charge is 2.36. The van der Waals surface area contributed by atoms with Gasteiger partial charge in [0.1, 0.15) is 0 Å². The summed E-state index contributed by atoms with van der Waals surface area (Å²) in [5.74, 6) is 0.735. The van der Waals surface area contributed by atoms with E-state index in [1.807, 2.05) is 12.1 Å². The topological polar surface area (TPSA) is 6.48 Å². The van der Waals surface area contributed by atoms with E-state index in [0.717, 1.165) is 37.0 Å². The summed E-state index contributed by atoms with van der Waals surface area (Å²) in [6, 6.07) is 8.64. The van der Waals surface area contributed by atoms with E-state index < -0.39 is 0 Å². The van der Waals surface area contributed by atoms with Gasteiger partial charge in [0.05, 0.1) is 0 Å². The molecule has 0 N–H and O–H groups in total. The molecule has 0 amide bonds. The summed E-state index contributed by atoms with van der Waals surface area (Å²) in [5, 5.41) is 0.803. The van der Waals surface area contributed by atoms with Gasteiger partial charge in [-0.15, -0.1) is 11.6 Å². The average molecular weight is 315 g/mol. The predicted molar refractivity (Wildman–Crippen MR) is 89.2 cm³/mol. The molecule has 0 radical (unpaired) electrons. The van der Waals surface area contributed by atoms with Crippen LogP contribution in [0.1, 0.15) is 27.2 Å². The third-order valence-corrected chi connectivity index (χ3v) is 4.63. The molecule has 0 aromatic heterocycles. The fraction of sp³-hybridized carbons (Fsp3) is 0.625. The molecule has 1 aromatic rings. The molecule has 1 aliphatic heterocycles. The molecule has 1 fully saturated rings. The van der Waals surface area contributed by atoms with E-state index in [0.29, 0.717) is 6.04 Å². The largest absolute Gasteiger partial charge is 0.366 e. The quantitative estimate of drug-likeness (QED) is 0.766. The number of benzene rings is 1. The molecule has 0 bridgehead atoms. The molecule has 0 spiro atoms. The van der Waals surface area contributed by atoms with Crippen molar-refractivity contribution < 1.29 is 0 Å². The van der Waals surface area contributed by atoms with Crippen LogP contribution in [0.25, 0.3) is 0 Å². The number of halogens is 2. The molecule has 1 saturated heterocycles. The third-order valence-electron chi connectivity index (χ3n) is 4.13. The summed E-state index contributed by atoms with van der Waals surface area (Å²) in [4.78, 5) is 5.02. The first-order chi connectivity index (χ1) is 9.44. The number of nitrogens with zero attached hydrogens (tertiary/aromatic N) is 2. The second-order valence-electron chi connectivity index (χ2n) is 6.26. The summed E-state index contributed by atoms with van der Waals surface area (Å²) in [6.45, 7) is 10.1. The summed E-state index contributed by atoms with van der Waals surface area (Å²) >= 11 is 12.0. The van der Waals surface area contributed by atoms with E-state index in [9.17, 15) is 0 Å². The number of alkyl halides is 1. The van der Waals surface area contributed by atoms with Crippen LogP contribution in [-0.2, 0) is 0 Å². The number of hydrogen-bond donors (Lipinski definition) is 0. The maximum absolute atomic E-state index is 6.13. The van der Waals surface area contributed by atoms with Crippen molar-refractivity contribution in [3.63, 3.8) is 0 Å². The second kappa shape index (κ2) is 6.55. The van der Waals surface area contributed by atoms with Crippen molar-refractivity contribution in [2.75, 3.05) is 30.4 Å². The third kappa shape index (κ3) is 3.60. The summed E-state index contributed by atoms with van der Waals surface area (Å²) in [7, 11) is 0. The fourth-order valence-corrected chi connectivity index (χ4v) is 3.29. The fourth-order valence-electron chi connectivity index (χ4n) is 2.98. The number of rotatable bonds is 4. The van der Waals surface area contributed by atoms with Crippen LogP contribution >= 0.6 is 23.2 Å². The van der Waals surface area contributed by atoms with Crippen LogP contribution in [0.2, 0.25) is 5.02 Å². The first-order valence-corrected chi connectivity index (χ1v) is 8.18. The minimum absolute atomic E-state index is 0.154. The lowest BCUT2D eigenvalue weighted by atomic mass is 9.95. The lowest BCUT2D eigenvalue weighted by Crippen LogP contribution is -2.63. The zero-order chi connectivity index (χ0) is 14.8. The molecule has 20 heavy (non-hydrogen) atoms. The van der Waals surface area contributed by atoms with Gasteiger partial charge in [-0.3, -0.25) is 4.90 Å². The average Bonchev–Trinajstić information content (AvgIpc) is 2.39. The van der Waals surface area contributed by atoms with Gasteiger partial charge in [-0.1, -0.05) is 17.7 Å². The smallest absolute Gasteiger partial charge is 0.0426 e. The van der Waals surface area contributed by atoms with Gasteiger partial charge in [-0.05, 0) is 51.9 Å². The Hall–Kier alpha value is -0.440. The first kappa shape index (κ1) is 15.9.